The highest BCUT2D eigenvalue weighted by Crippen LogP contribution is 2.37. The van der Waals surface area contributed by atoms with Gasteiger partial charge in [0, 0.05) is 19.8 Å². The van der Waals surface area contributed by atoms with Crippen LogP contribution < -0.4 is 0 Å². The Labute approximate surface area is 127 Å². The van der Waals surface area contributed by atoms with E-state index in [0.717, 1.165) is 51.6 Å². The number of likely N-dealkylation sites (tertiary alicyclic amines) is 1. The first-order valence-corrected chi connectivity index (χ1v) is 7.91. The smallest absolute Gasteiger partial charge is 0.411 e. The van der Waals surface area contributed by atoms with Crippen molar-refractivity contribution in [2.75, 3.05) is 19.8 Å². The van der Waals surface area contributed by atoms with E-state index in [2.05, 4.69) is 0 Å². The van der Waals surface area contributed by atoms with Crippen LogP contribution in [0.4, 0.5) is 4.79 Å². The van der Waals surface area contributed by atoms with Gasteiger partial charge < -0.3 is 14.3 Å². The average molecular weight is 297 g/mol. The summed E-state index contributed by atoms with van der Waals surface area (Å²) < 4.78 is 10.8. The zero-order valence-corrected chi connectivity index (χ0v) is 13.4. The molecule has 1 amide bonds. The molecule has 0 radical (unpaired) electrons. The van der Waals surface area contributed by atoms with Crippen LogP contribution in [0, 0.1) is 5.92 Å². The van der Waals surface area contributed by atoms with Crippen molar-refractivity contribution in [3.05, 3.63) is 0 Å². The third-order valence-electron chi connectivity index (χ3n) is 4.35. The highest BCUT2D eigenvalue weighted by molar-refractivity contribution is 5.77. The van der Waals surface area contributed by atoms with E-state index in [9.17, 15) is 9.59 Å². The largest absolute Gasteiger partial charge is 0.444 e. The number of aldehydes is 1. The third-order valence-corrected chi connectivity index (χ3v) is 4.35. The molecule has 2 fully saturated rings. The van der Waals surface area contributed by atoms with Crippen LogP contribution in [0.25, 0.3) is 0 Å². The van der Waals surface area contributed by atoms with Gasteiger partial charge in [-0.05, 0) is 58.8 Å². The zero-order valence-electron chi connectivity index (χ0n) is 13.4. The Kier molecular flexibility index (Phi) is 4.91. The Balaban J connectivity index is 2.08. The lowest BCUT2D eigenvalue weighted by Crippen LogP contribution is -2.51. The van der Waals surface area contributed by atoms with Crippen molar-refractivity contribution in [2.24, 2.45) is 5.92 Å². The molecule has 5 nitrogen and oxygen atoms in total. The highest BCUT2D eigenvalue weighted by atomic mass is 16.6. The molecule has 0 N–H and O–H groups in total. The molecule has 0 aromatic carbocycles. The SMILES string of the molecule is CC(C)(C)OC(=O)N1CCCC1(C=O)CC1CCOCC1. The lowest BCUT2D eigenvalue weighted by Gasteiger charge is -2.38. The Morgan fingerprint density at radius 2 is 2.05 bits per heavy atom. The number of ether oxygens (including phenoxy) is 2. The van der Waals surface area contributed by atoms with Gasteiger partial charge in [-0.2, -0.15) is 0 Å². The minimum Gasteiger partial charge on any atom is -0.444 e. The van der Waals surface area contributed by atoms with Crippen LogP contribution in [0.15, 0.2) is 0 Å². The van der Waals surface area contributed by atoms with Crippen molar-refractivity contribution in [3.63, 3.8) is 0 Å². The van der Waals surface area contributed by atoms with Crippen LogP contribution in [0.3, 0.4) is 0 Å². The number of hydrogen-bond donors (Lipinski definition) is 0. The van der Waals surface area contributed by atoms with Crippen LogP contribution in [0.2, 0.25) is 0 Å². The number of rotatable bonds is 3. The van der Waals surface area contributed by atoms with Crippen LogP contribution in [0.5, 0.6) is 0 Å². The molecule has 0 aliphatic carbocycles. The summed E-state index contributed by atoms with van der Waals surface area (Å²) in [6.07, 6.45) is 4.89. The van der Waals surface area contributed by atoms with Gasteiger partial charge in [0.1, 0.15) is 17.4 Å². The van der Waals surface area contributed by atoms with Crippen molar-refractivity contribution in [2.45, 2.75) is 64.0 Å². The summed E-state index contributed by atoms with van der Waals surface area (Å²) in [6, 6.07) is 0. The topological polar surface area (TPSA) is 55.8 Å². The molecule has 120 valence electrons. The molecule has 0 bridgehead atoms. The predicted molar refractivity (Wildman–Crippen MR) is 79.1 cm³/mol. The molecule has 0 aromatic heterocycles. The maximum atomic E-state index is 12.4. The molecular weight excluding hydrogens is 270 g/mol. The van der Waals surface area contributed by atoms with E-state index >= 15 is 0 Å². The zero-order chi connectivity index (χ0) is 15.5. The Morgan fingerprint density at radius 1 is 1.38 bits per heavy atom. The molecule has 0 spiro atoms. The van der Waals surface area contributed by atoms with E-state index in [1.807, 2.05) is 20.8 Å². The van der Waals surface area contributed by atoms with Crippen molar-refractivity contribution in [3.8, 4) is 0 Å². The van der Waals surface area contributed by atoms with E-state index in [4.69, 9.17) is 9.47 Å². The van der Waals surface area contributed by atoms with Gasteiger partial charge in [0.15, 0.2) is 0 Å². The molecule has 1 atom stereocenters. The first kappa shape index (κ1) is 16.3. The second-order valence-corrected chi connectivity index (χ2v) is 7.22. The maximum absolute atomic E-state index is 12.4. The monoisotopic (exact) mass is 297 g/mol. The molecule has 2 aliphatic rings. The van der Waals surface area contributed by atoms with E-state index < -0.39 is 11.1 Å². The van der Waals surface area contributed by atoms with Gasteiger partial charge in [0.25, 0.3) is 0 Å². The molecular formula is C16H27NO4. The first-order chi connectivity index (χ1) is 9.86. The van der Waals surface area contributed by atoms with E-state index in [1.54, 1.807) is 4.90 Å². The fourth-order valence-electron chi connectivity index (χ4n) is 3.32. The molecule has 1 unspecified atom stereocenters. The minimum absolute atomic E-state index is 0.362. The summed E-state index contributed by atoms with van der Waals surface area (Å²) in [5, 5.41) is 0. The molecule has 5 heteroatoms. The summed E-state index contributed by atoms with van der Waals surface area (Å²) >= 11 is 0. The number of hydrogen-bond acceptors (Lipinski definition) is 4. The third kappa shape index (κ3) is 3.96. The lowest BCUT2D eigenvalue weighted by molar-refractivity contribution is -0.118. The highest BCUT2D eigenvalue weighted by Gasteiger charge is 2.46. The molecule has 2 rings (SSSR count). The number of carbonyl (C=O) groups is 2. The Morgan fingerprint density at radius 3 is 2.62 bits per heavy atom. The van der Waals surface area contributed by atoms with Gasteiger partial charge in [-0.25, -0.2) is 4.79 Å². The molecule has 2 heterocycles. The van der Waals surface area contributed by atoms with Crippen molar-refractivity contribution in [1.82, 2.24) is 4.90 Å². The van der Waals surface area contributed by atoms with Crippen molar-refractivity contribution >= 4 is 12.4 Å². The molecule has 0 saturated carbocycles. The molecule has 2 saturated heterocycles. The van der Waals surface area contributed by atoms with E-state index in [1.165, 1.54) is 0 Å². The van der Waals surface area contributed by atoms with Crippen molar-refractivity contribution < 1.29 is 19.1 Å². The van der Waals surface area contributed by atoms with Gasteiger partial charge in [-0.3, -0.25) is 4.90 Å². The molecule has 21 heavy (non-hydrogen) atoms. The maximum Gasteiger partial charge on any atom is 0.411 e. The number of amides is 1. The summed E-state index contributed by atoms with van der Waals surface area (Å²) in [7, 11) is 0. The van der Waals surface area contributed by atoms with Gasteiger partial charge in [0.2, 0.25) is 0 Å². The Hall–Kier alpha value is -1.10. The number of nitrogens with zero attached hydrogens (tertiary/aromatic N) is 1. The van der Waals surface area contributed by atoms with Crippen LogP contribution in [-0.4, -0.2) is 48.2 Å². The van der Waals surface area contributed by atoms with Gasteiger partial charge in [0.05, 0.1) is 0 Å². The van der Waals surface area contributed by atoms with Crippen molar-refractivity contribution in [1.29, 1.82) is 0 Å². The Bertz CT molecular complexity index is 384. The fourth-order valence-corrected chi connectivity index (χ4v) is 3.32. The van der Waals surface area contributed by atoms with E-state index in [0.29, 0.717) is 12.5 Å². The summed E-state index contributed by atoms with van der Waals surface area (Å²) in [6.45, 7) is 7.67. The van der Waals surface area contributed by atoms with Crippen LogP contribution in [0.1, 0.15) is 52.9 Å². The molecule has 2 aliphatic heterocycles. The average Bonchev–Trinajstić information content (AvgIpc) is 2.82. The first-order valence-electron chi connectivity index (χ1n) is 7.91. The number of carbonyl (C=O) groups excluding carboxylic acids is 2. The summed E-state index contributed by atoms with van der Waals surface area (Å²) in [5.74, 6) is 0.451. The van der Waals surface area contributed by atoms with Gasteiger partial charge in [-0.15, -0.1) is 0 Å². The second kappa shape index (κ2) is 6.34. The molecule has 0 aromatic rings. The van der Waals surface area contributed by atoms with E-state index in [-0.39, 0.29) is 6.09 Å². The van der Waals surface area contributed by atoms with Gasteiger partial charge >= 0.3 is 6.09 Å². The van der Waals surface area contributed by atoms with Crippen LogP contribution >= 0.6 is 0 Å². The normalized spacial score (nSPS) is 27.7. The lowest BCUT2D eigenvalue weighted by atomic mass is 9.83. The standard InChI is InChI=1S/C16H27NO4/c1-15(2,3)21-14(19)17-8-4-7-16(17,12-18)11-13-5-9-20-10-6-13/h12-13H,4-11H2,1-3H3. The quantitative estimate of drug-likeness (QED) is 0.752. The van der Waals surface area contributed by atoms with Gasteiger partial charge in [-0.1, -0.05) is 0 Å². The predicted octanol–water partition coefficient (Wildman–Crippen LogP) is 2.77. The second-order valence-electron chi connectivity index (χ2n) is 7.22. The summed E-state index contributed by atoms with van der Waals surface area (Å²) in [5.41, 5.74) is -1.21. The minimum atomic E-state index is -0.676. The summed E-state index contributed by atoms with van der Waals surface area (Å²) in [4.78, 5) is 25.9. The fraction of sp³-hybridized carbons (Fsp3) is 0.875. The van der Waals surface area contributed by atoms with Crippen LogP contribution in [-0.2, 0) is 14.3 Å².